The summed E-state index contributed by atoms with van der Waals surface area (Å²) in [5.41, 5.74) is 4.17. The molecule has 2 unspecified atom stereocenters. The SMILES string of the molecule is CC(NC(=O)NCC1CCCN(C(C)C)C1)c1ccc2c(c1)CCCC2. The summed E-state index contributed by atoms with van der Waals surface area (Å²) in [6.07, 6.45) is 7.41. The van der Waals surface area contributed by atoms with Gasteiger partial charge in [0.25, 0.3) is 0 Å². The first-order chi connectivity index (χ1) is 12.5. The average Bonchev–Trinajstić information content (AvgIpc) is 2.66. The lowest BCUT2D eigenvalue weighted by atomic mass is 9.89. The lowest BCUT2D eigenvalue weighted by Gasteiger charge is -2.35. The predicted molar refractivity (Wildman–Crippen MR) is 107 cm³/mol. The Morgan fingerprint density at radius 2 is 1.92 bits per heavy atom. The summed E-state index contributed by atoms with van der Waals surface area (Å²) in [6, 6.07) is 7.31. The molecule has 3 rings (SSSR count). The Kier molecular flexibility index (Phi) is 6.58. The molecule has 1 heterocycles. The number of likely N-dealkylation sites (tertiary alicyclic amines) is 1. The zero-order valence-corrected chi connectivity index (χ0v) is 16.7. The highest BCUT2D eigenvalue weighted by Gasteiger charge is 2.22. The largest absolute Gasteiger partial charge is 0.338 e. The Labute approximate surface area is 158 Å². The molecule has 0 radical (unpaired) electrons. The van der Waals surface area contributed by atoms with Crippen molar-refractivity contribution in [2.75, 3.05) is 19.6 Å². The van der Waals surface area contributed by atoms with Crippen LogP contribution in [0.4, 0.5) is 4.79 Å². The number of carbonyl (C=O) groups excluding carboxylic acids is 1. The number of hydrogen-bond acceptors (Lipinski definition) is 2. The molecule has 0 saturated carbocycles. The van der Waals surface area contributed by atoms with Crippen molar-refractivity contribution in [2.45, 2.75) is 71.4 Å². The zero-order valence-electron chi connectivity index (χ0n) is 16.7. The lowest BCUT2D eigenvalue weighted by Crippen LogP contribution is -2.45. The molecule has 0 bridgehead atoms. The first-order valence-electron chi connectivity index (χ1n) is 10.4. The van der Waals surface area contributed by atoms with Gasteiger partial charge in [-0.1, -0.05) is 18.2 Å². The Hall–Kier alpha value is -1.55. The molecule has 0 spiro atoms. The lowest BCUT2D eigenvalue weighted by molar-refractivity contribution is 0.139. The number of nitrogens with zero attached hydrogens (tertiary/aromatic N) is 1. The average molecular weight is 358 g/mol. The maximum atomic E-state index is 12.3. The molecule has 4 heteroatoms. The van der Waals surface area contributed by atoms with Crippen LogP contribution in [0.3, 0.4) is 0 Å². The first-order valence-corrected chi connectivity index (χ1v) is 10.4. The van der Waals surface area contributed by atoms with Gasteiger partial charge in [0, 0.05) is 19.1 Å². The van der Waals surface area contributed by atoms with Crippen LogP contribution >= 0.6 is 0 Å². The van der Waals surface area contributed by atoms with E-state index in [1.807, 2.05) is 0 Å². The Bertz CT molecular complexity index is 613. The molecular formula is C22H35N3O. The van der Waals surface area contributed by atoms with Crippen molar-refractivity contribution in [2.24, 2.45) is 5.92 Å². The topological polar surface area (TPSA) is 44.4 Å². The van der Waals surface area contributed by atoms with Gasteiger partial charge in [0.2, 0.25) is 0 Å². The summed E-state index contributed by atoms with van der Waals surface area (Å²) in [5, 5.41) is 6.21. The van der Waals surface area contributed by atoms with Crippen LogP contribution in [0.2, 0.25) is 0 Å². The highest BCUT2D eigenvalue weighted by Crippen LogP contribution is 2.24. The molecule has 2 amide bonds. The molecule has 0 aromatic heterocycles. The van der Waals surface area contributed by atoms with Gasteiger partial charge in [-0.05, 0) is 88.4 Å². The van der Waals surface area contributed by atoms with Crippen molar-refractivity contribution in [3.8, 4) is 0 Å². The summed E-state index contributed by atoms with van der Waals surface area (Å²) in [7, 11) is 0. The highest BCUT2D eigenvalue weighted by molar-refractivity contribution is 5.74. The smallest absolute Gasteiger partial charge is 0.315 e. The molecule has 2 atom stereocenters. The van der Waals surface area contributed by atoms with Crippen LogP contribution in [0, 0.1) is 5.92 Å². The fourth-order valence-electron chi connectivity index (χ4n) is 4.32. The van der Waals surface area contributed by atoms with Crippen LogP contribution in [0.15, 0.2) is 18.2 Å². The molecule has 26 heavy (non-hydrogen) atoms. The number of rotatable bonds is 5. The molecule has 1 fully saturated rings. The van der Waals surface area contributed by atoms with E-state index in [2.05, 4.69) is 54.5 Å². The van der Waals surface area contributed by atoms with Crippen molar-refractivity contribution in [1.29, 1.82) is 0 Å². The molecule has 1 aromatic rings. The third-order valence-corrected chi connectivity index (χ3v) is 6.05. The number of benzene rings is 1. The van der Waals surface area contributed by atoms with Gasteiger partial charge in [0.15, 0.2) is 0 Å². The van der Waals surface area contributed by atoms with Crippen LogP contribution in [-0.4, -0.2) is 36.6 Å². The number of amides is 2. The van der Waals surface area contributed by atoms with E-state index in [9.17, 15) is 4.79 Å². The van der Waals surface area contributed by atoms with Crippen molar-refractivity contribution in [1.82, 2.24) is 15.5 Å². The molecular weight excluding hydrogens is 322 g/mol. The quantitative estimate of drug-likeness (QED) is 0.835. The normalized spacial score (nSPS) is 21.9. The van der Waals surface area contributed by atoms with Gasteiger partial charge in [-0.3, -0.25) is 0 Å². The number of urea groups is 1. The van der Waals surface area contributed by atoms with Crippen LogP contribution in [0.1, 0.15) is 69.2 Å². The van der Waals surface area contributed by atoms with Gasteiger partial charge < -0.3 is 15.5 Å². The Balaban J connectivity index is 1.47. The molecule has 1 aliphatic carbocycles. The highest BCUT2D eigenvalue weighted by atomic mass is 16.2. The number of fused-ring (bicyclic) bond motifs is 1. The van der Waals surface area contributed by atoms with E-state index in [0.717, 1.165) is 13.1 Å². The molecule has 144 valence electrons. The third-order valence-electron chi connectivity index (χ3n) is 6.05. The van der Waals surface area contributed by atoms with E-state index < -0.39 is 0 Å². The number of hydrogen-bond donors (Lipinski definition) is 2. The van der Waals surface area contributed by atoms with E-state index in [-0.39, 0.29) is 12.1 Å². The minimum Gasteiger partial charge on any atom is -0.338 e. The van der Waals surface area contributed by atoms with E-state index in [0.29, 0.717) is 12.0 Å². The number of aryl methyl sites for hydroxylation is 2. The van der Waals surface area contributed by atoms with E-state index in [4.69, 9.17) is 0 Å². The van der Waals surface area contributed by atoms with Gasteiger partial charge >= 0.3 is 6.03 Å². The van der Waals surface area contributed by atoms with E-state index >= 15 is 0 Å². The fourth-order valence-corrected chi connectivity index (χ4v) is 4.32. The second kappa shape index (κ2) is 8.90. The van der Waals surface area contributed by atoms with Crippen molar-refractivity contribution >= 4 is 6.03 Å². The minimum atomic E-state index is -0.0445. The monoisotopic (exact) mass is 357 g/mol. The molecule has 4 nitrogen and oxygen atoms in total. The summed E-state index contributed by atoms with van der Waals surface area (Å²) >= 11 is 0. The van der Waals surface area contributed by atoms with Crippen molar-refractivity contribution < 1.29 is 4.79 Å². The Morgan fingerprint density at radius 1 is 1.15 bits per heavy atom. The zero-order chi connectivity index (χ0) is 18.5. The first kappa shape index (κ1) is 19.2. The molecule has 1 saturated heterocycles. The van der Waals surface area contributed by atoms with Crippen LogP contribution in [-0.2, 0) is 12.8 Å². The summed E-state index contributed by atoms with van der Waals surface area (Å²) < 4.78 is 0. The summed E-state index contributed by atoms with van der Waals surface area (Å²) in [4.78, 5) is 14.9. The molecule has 2 aliphatic rings. The van der Waals surface area contributed by atoms with Gasteiger partial charge in [0.1, 0.15) is 0 Å². The van der Waals surface area contributed by atoms with Crippen molar-refractivity contribution in [3.05, 3.63) is 34.9 Å². The summed E-state index contributed by atoms with van der Waals surface area (Å²) in [6.45, 7) is 9.64. The maximum Gasteiger partial charge on any atom is 0.315 e. The maximum absolute atomic E-state index is 12.3. The van der Waals surface area contributed by atoms with Crippen LogP contribution < -0.4 is 10.6 Å². The van der Waals surface area contributed by atoms with Gasteiger partial charge in [-0.2, -0.15) is 0 Å². The molecule has 1 aliphatic heterocycles. The van der Waals surface area contributed by atoms with Gasteiger partial charge in [-0.25, -0.2) is 4.79 Å². The number of carbonyl (C=O) groups is 1. The second-order valence-corrected chi connectivity index (χ2v) is 8.41. The van der Waals surface area contributed by atoms with Crippen LogP contribution in [0.5, 0.6) is 0 Å². The van der Waals surface area contributed by atoms with Crippen LogP contribution in [0.25, 0.3) is 0 Å². The summed E-state index contributed by atoms with van der Waals surface area (Å²) in [5.74, 6) is 0.566. The predicted octanol–water partition coefficient (Wildman–Crippen LogP) is 4.05. The second-order valence-electron chi connectivity index (χ2n) is 8.41. The van der Waals surface area contributed by atoms with Gasteiger partial charge in [-0.15, -0.1) is 0 Å². The van der Waals surface area contributed by atoms with Gasteiger partial charge in [0.05, 0.1) is 6.04 Å². The van der Waals surface area contributed by atoms with E-state index in [1.54, 1.807) is 0 Å². The fraction of sp³-hybridized carbons (Fsp3) is 0.682. The number of piperidine rings is 1. The standard InChI is InChI=1S/C22H35N3O/c1-16(2)25-12-6-7-18(15-25)14-23-22(26)24-17(3)20-11-10-19-8-4-5-9-21(19)13-20/h10-11,13,16-18H,4-9,12,14-15H2,1-3H3,(H2,23,24,26). The Morgan fingerprint density at radius 3 is 2.69 bits per heavy atom. The minimum absolute atomic E-state index is 0.0424. The molecule has 1 aromatic carbocycles. The number of nitrogens with one attached hydrogen (secondary N) is 2. The molecule has 2 N–H and O–H groups in total. The van der Waals surface area contributed by atoms with Crippen molar-refractivity contribution in [3.63, 3.8) is 0 Å². The van der Waals surface area contributed by atoms with E-state index in [1.165, 1.54) is 61.8 Å². The third kappa shape index (κ3) is 5.00.